The van der Waals surface area contributed by atoms with Crippen molar-refractivity contribution < 1.29 is 4.42 Å². The summed E-state index contributed by atoms with van der Waals surface area (Å²) in [6.45, 7) is 0. The zero-order valence-electron chi connectivity index (χ0n) is 10.6. The van der Waals surface area contributed by atoms with E-state index in [1.165, 1.54) is 0 Å². The van der Waals surface area contributed by atoms with Crippen LogP contribution >= 0.6 is 15.9 Å². The number of hydrogen-bond acceptors (Lipinski definition) is 4. The molecule has 0 saturated carbocycles. The lowest BCUT2D eigenvalue weighted by molar-refractivity contribution is 0.579. The van der Waals surface area contributed by atoms with Crippen molar-refractivity contribution in [2.24, 2.45) is 0 Å². The lowest BCUT2D eigenvalue weighted by atomic mass is 10.1. The second-order valence-electron chi connectivity index (χ2n) is 4.33. The molecule has 0 spiro atoms. The Hall–Kier alpha value is -2.14. The summed E-state index contributed by atoms with van der Waals surface area (Å²) in [7, 11) is 0. The van der Waals surface area contributed by atoms with Crippen molar-refractivity contribution in [3.8, 4) is 11.5 Å². The maximum atomic E-state index is 5.80. The van der Waals surface area contributed by atoms with Gasteiger partial charge in [-0.05, 0) is 33.6 Å². The molecular weight excluding hydrogens is 318 g/mol. The second-order valence-corrected chi connectivity index (χ2v) is 5.12. The van der Waals surface area contributed by atoms with Crippen molar-refractivity contribution in [2.75, 3.05) is 5.73 Å². The van der Waals surface area contributed by atoms with Crippen molar-refractivity contribution in [1.29, 1.82) is 0 Å². The van der Waals surface area contributed by atoms with Gasteiger partial charge in [-0.2, -0.15) is 0 Å². The number of benzene rings is 1. The van der Waals surface area contributed by atoms with Crippen molar-refractivity contribution in [3.05, 3.63) is 64.5 Å². The number of nitrogens with zero attached hydrogens (tertiary/aromatic N) is 2. The minimum absolute atomic E-state index is 0.241. The molecule has 2 aromatic heterocycles. The summed E-state index contributed by atoms with van der Waals surface area (Å²) in [6.07, 6.45) is 2.29. The third-order valence-corrected chi connectivity index (χ3v) is 3.74. The Labute approximate surface area is 124 Å². The summed E-state index contributed by atoms with van der Waals surface area (Å²) >= 11 is 3.55. The molecule has 1 aromatic carbocycles. The molecule has 3 aromatic rings. The summed E-state index contributed by atoms with van der Waals surface area (Å²) in [5, 5.41) is 0. The summed E-state index contributed by atoms with van der Waals surface area (Å²) in [6, 6.07) is 13.8. The molecule has 0 saturated heterocycles. The van der Waals surface area contributed by atoms with E-state index in [1.807, 2.05) is 30.3 Å². The smallest absolute Gasteiger partial charge is 0.220 e. The van der Waals surface area contributed by atoms with E-state index in [1.54, 1.807) is 6.26 Å². The maximum absolute atomic E-state index is 5.80. The highest BCUT2D eigenvalue weighted by molar-refractivity contribution is 9.10. The van der Waals surface area contributed by atoms with E-state index in [-0.39, 0.29) is 5.95 Å². The van der Waals surface area contributed by atoms with Crippen LogP contribution in [0.2, 0.25) is 0 Å². The highest BCUT2D eigenvalue weighted by atomic mass is 79.9. The molecule has 2 heterocycles. The van der Waals surface area contributed by atoms with Crippen LogP contribution in [0.5, 0.6) is 0 Å². The van der Waals surface area contributed by atoms with Crippen molar-refractivity contribution in [3.63, 3.8) is 0 Å². The van der Waals surface area contributed by atoms with Gasteiger partial charge in [0.05, 0.1) is 16.4 Å². The van der Waals surface area contributed by atoms with E-state index in [0.717, 1.165) is 15.7 Å². The normalized spacial score (nSPS) is 10.7. The molecule has 4 nitrogen and oxygen atoms in total. The van der Waals surface area contributed by atoms with Gasteiger partial charge in [-0.3, -0.25) is 0 Å². The molecular formula is C15H12BrN3O. The van der Waals surface area contributed by atoms with Crippen LogP contribution in [0.25, 0.3) is 11.5 Å². The fourth-order valence-electron chi connectivity index (χ4n) is 2.00. The van der Waals surface area contributed by atoms with Gasteiger partial charge in [0.25, 0.3) is 0 Å². The van der Waals surface area contributed by atoms with Gasteiger partial charge in [-0.25, -0.2) is 9.97 Å². The first-order chi connectivity index (χ1) is 9.74. The first-order valence-corrected chi connectivity index (χ1v) is 6.93. The van der Waals surface area contributed by atoms with Crippen LogP contribution in [0.4, 0.5) is 5.95 Å². The molecule has 0 aliphatic carbocycles. The van der Waals surface area contributed by atoms with Gasteiger partial charge in [0.1, 0.15) is 5.69 Å². The topological polar surface area (TPSA) is 64.9 Å². The summed E-state index contributed by atoms with van der Waals surface area (Å²) < 4.78 is 6.20. The van der Waals surface area contributed by atoms with Gasteiger partial charge < -0.3 is 10.2 Å². The van der Waals surface area contributed by atoms with Crippen LogP contribution in [0.15, 0.2) is 57.6 Å². The minimum atomic E-state index is 0.241. The van der Waals surface area contributed by atoms with E-state index in [4.69, 9.17) is 10.2 Å². The van der Waals surface area contributed by atoms with Gasteiger partial charge >= 0.3 is 0 Å². The average molecular weight is 330 g/mol. The lowest BCUT2D eigenvalue weighted by Gasteiger charge is -2.08. The van der Waals surface area contributed by atoms with Gasteiger partial charge in [0.15, 0.2) is 5.76 Å². The maximum Gasteiger partial charge on any atom is 0.220 e. The third-order valence-electron chi connectivity index (χ3n) is 2.91. The Balaban J connectivity index is 2.04. The van der Waals surface area contributed by atoms with Crippen LogP contribution in [-0.4, -0.2) is 9.97 Å². The molecule has 5 heteroatoms. The van der Waals surface area contributed by atoms with E-state index in [2.05, 4.69) is 38.0 Å². The van der Waals surface area contributed by atoms with Crippen LogP contribution in [0, 0.1) is 0 Å². The molecule has 20 heavy (non-hydrogen) atoms. The van der Waals surface area contributed by atoms with Crippen LogP contribution in [0.1, 0.15) is 11.3 Å². The van der Waals surface area contributed by atoms with Crippen LogP contribution in [0.3, 0.4) is 0 Å². The highest BCUT2D eigenvalue weighted by Gasteiger charge is 2.15. The summed E-state index contributed by atoms with van der Waals surface area (Å²) in [5.74, 6) is 0.908. The molecule has 0 aliphatic heterocycles. The van der Waals surface area contributed by atoms with Gasteiger partial charge in [0.2, 0.25) is 5.95 Å². The second kappa shape index (κ2) is 5.46. The molecule has 0 radical (unpaired) electrons. The molecule has 0 fully saturated rings. The van der Waals surface area contributed by atoms with Gasteiger partial charge in [-0.1, -0.05) is 30.3 Å². The van der Waals surface area contributed by atoms with Crippen molar-refractivity contribution >= 4 is 21.9 Å². The Kier molecular flexibility index (Phi) is 3.52. The van der Waals surface area contributed by atoms with Gasteiger partial charge in [0, 0.05) is 6.42 Å². The number of rotatable bonds is 3. The van der Waals surface area contributed by atoms with Crippen molar-refractivity contribution in [1.82, 2.24) is 9.97 Å². The zero-order valence-corrected chi connectivity index (χ0v) is 12.2. The molecule has 3 rings (SSSR count). The largest absolute Gasteiger partial charge is 0.463 e. The van der Waals surface area contributed by atoms with E-state index < -0.39 is 0 Å². The first kappa shape index (κ1) is 12.9. The van der Waals surface area contributed by atoms with Crippen LogP contribution in [-0.2, 0) is 6.42 Å². The quantitative estimate of drug-likeness (QED) is 0.796. The van der Waals surface area contributed by atoms with E-state index in [0.29, 0.717) is 17.9 Å². The number of halogens is 1. The predicted molar refractivity (Wildman–Crippen MR) is 81.1 cm³/mol. The number of furan rings is 1. The van der Waals surface area contributed by atoms with E-state index >= 15 is 0 Å². The molecule has 2 N–H and O–H groups in total. The molecule has 0 atom stereocenters. The standard InChI is InChI=1S/C15H12BrN3O/c16-13-11(9-10-5-2-1-3-6-10)18-15(17)19-14(13)12-7-4-8-20-12/h1-8H,9H2,(H2,17,18,19). The fourth-order valence-corrected chi connectivity index (χ4v) is 2.51. The number of nitrogen functional groups attached to an aromatic ring is 1. The first-order valence-electron chi connectivity index (χ1n) is 6.14. The Morgan fingerprint density at radius 3 is 2.55 bits per heavy atom. The average Bonchev–Trinajstić information content (AvgIpc) is 2.97. The minimum Gasteiger partial charge on any atom is -0.463 e. The Morgan fingerprint density at radius 1 is 1.05 bits per heavy atom. The van der Waals surface area contributed by atoms with E-state index in [9.17, 15) is 0 Å². The fraction of sp³-hybridized carbons (Fsp3) is 0.0667. The number of anilines is 1. The highest BCUT2D eigenvalue weighted by Crippen LogP contribution is 2.30. The zero-order chi connectivity index (χ0) is 13.9. The predicted octanol–water partition coefficient (Wildman–Crippen LogP) is 3.67. The third kappa shape index (κ3) is 2.58. The van der Waals surface area contributed by atoms with Crippen LogP contribution < -0.4 is 5.73 Å². The lowest BCUT2D eigenvalue weighted by Crippen LogP contribution is -2.03. The number of aromatic nitrogens is 2. The number of nitrogens with two attached hydrogens (primary N) is 1. The monoisotopic (exact) mass is 329 g/mol. The Morgan fingerprint density at radius 2 is 1.85 bits per heavy atom. The Bertz CT molecular complexity index is 711. The number of hydrogen-bond donors (Lipinski definition) is 1. The molecule has 0 bridgehead atoms. The summed E-state index contributed by atoms with van der Waals surface area (Å²) in [5.41, 5.74) is 8.48. The summed E-state index contributed by atoms with van der Waals surface area (Å²) in [4.78, 5) is 8.56. The SMILES string of the molecule is Nc1nc(Cc2ccccc2)c(Br)c(-c2ccco2)n1. The molecule has 100 valence electrons. The molecule has 0 amide bonds. The molecule has 0 aliphatic rings. The van der Waals surface area contributed by atoms with Gasteiger partial charge in [-0.15, -0.1) is 0 Å². The molecule has 0 unspecified atom stereocenters. The van der Waals surface area contributed by atoms with Crippen molar-refractivity contribution in [2.45, 2.75) is 6.42 Å².